The van der Waals surface area contributed by atoms with Gasteiger partial charge in [0.25, 0.3) is 0 Å². The molecule has 0 spiro atoms. The predicted molar refractivity (Wildman–Crippen MR) is 154 cm³/mol. The van der Waals surface area contributed by atoms with Gasteiger partial charge in [0.1, 0.15) is 18.0 Å². The maximum Gasteiger partial charge on any atom is 0.324 e. The van der Waals surface area contributed by atoms with Gasteiger partial charge in [0.15, 0.2) is 11.5 Å². The van der Waals surface area contributed by atoms with E-state index in [1.807, 2.05) is 18.2 Å². The first-order chi connectivity index (χ1) is 18.6. The van der Waals surface area contributed by atoms with E-state index in [-0.39, 0.29) is 5.41 Å². The third-order valence-electron chi connectivity index (χ3n) is 6.06. The molecule has 0 aliphatic heterocycles. The summed E-state index contributed by atoms with van der Waals surface area (Å²) in [4.78, 5) is 21.3. The largest absolute Gasteiger partial charge is 0.493 e. The Morgan fingerprint density at radius 1 is 0.949 bits per heavy atom. The molecular weight excluding hydrogens is 494 g/mol. The number of nitrogens with one attached hydrogen (secondary N) is 3. The summed E-state index contributed by atoms with van der Waals surface area (Å²) in [5.41, 5.74) is 3.28. The summed E-state index contributed by atoms with van der Waals surface area (Å²) in [6.07, 6.45) is 1.41. The lowest BCUT2D eigenvalue weighted by Gasteiger charge is -2.14. The van der Waals surface area contributed by atoms with Crippen molar-refractivity contribution >= 4 is 23.4 Å². The monoisotopic (exact) mass is 529 g/mol. The Morgan fingerprint density at radius 2 is 1.69 bits per heavy atom. The molecule has 4 rings (SSSR count). The van der Waals surface area contributed by atoms with E-state index < -0.39 is 6.03 Å². The molecule has 0 saturated carbocycles. The Bertz CT molecular complexity index is 1440. The molecule has 0 aliphatic rings. The van der Waals surface area contributed by atoms with Crippen LogP contribution in [0.25, 0.3) is 5.69 Å². The highest BCUT2D eigenvalue weighted by Gasteiger charge is 2.22. The predicted octanol–water partition coefficient (Wildman–Crippen LogP) is 6.57. The molecule has 39 heavy (non-hydrogen) atoms. The average molecular weight is 530 g/mol. The summed E-state index contributed by atoms with van der Waals surface area (Å²) in [5.74, 6) is 2.84. The number of carbonyl (C=O) groups excluding carboxylic acids is 1. The van der Waals surface area contributed by atoms with Crippen LogP contribution in [-0.2, 0) is 5.41 Å². The number of urea groups is 1. The molecule has 4 aromatic rings. The van der Waals surface area contributed by atoms with Gasteiger partial charge in [-0.3, -0.25) is 5.32 Å². The van der Waals surface area contributed by atoms with E-state index in [0.29, 0.717) is 40.6 Å². The number of hydrogen-bond acceptors (Lipinski definition) is 7. The van der Waals surface area contributed by atoms with Crippen molar-refractivity contribution in [2.45, 2.75) is 46.0 Å². The molecule has 2 heterocycles. The normalized spacial score (nSPS) is 11.3. The zero-order valence-corrected chi connectivity index (χ0v) is 23.4. The van der Waals surface area contributed by atoms with Gasteiger partial charge < -0.3 is 20.1 Å². The van der Waals surface area contributed by atoms with E-state index >= 15 is 0 Å². The van der Waals surface area contributed by atoms with Crippen molar-refractivity contribution in [1.29, 1.82) is 0 Å². The number of hydrogen-bond donors (Lipinski definition) is 3. The molecule has 2 amide bonds. The molecule has 3 N–H and O–H groups in total. The van der Waals surface area contributed by atoms with Gasteiger partial charge >= 0.3 is 6.03 Å². The van der Waals surface area contributed by atoms with Crippen LogP contribution in [0.15, 0.2) is 60.9 Å². The Labute approximate surface area is 228 Å². The van der Waals surface area contributed by atoms with Gasteiger partial charge in [-0.25, -0.2) is 19.4 Å². The summed E-state index contributed by atoms with van der Waals surface area (Å²) in [5, 5.41) is 13.5. The molecule has 0 atom stereocenters. The van der Waals surface area contributed by atoms with Gasteiger partial charge in [0.05, 0.1) is 18.5 Å². The Hall–Kier alpha value is -4.60. The molecule has 0 fully saturated rings. The van der Waals surface area contributed by atoms with Crippen LogP contribution in [0.5, 0.6) is 17.4 Å². The highest BCUT2D eigenvalue weighted by Crippen LogP contribution is 2.34. The number of rotatable bonds is 8. The summed E-state index contributed by atoms with van der Waals surface area (Å²) in [6, 6.07) is 16.4. The van der Waals surface area contributed by atoms with Crippen molar-refractivity contribution in [2.75, 3.05) is 30.1 Å². The average Bonchev–Trinajstić information content (AvgIpc) is 3.34. The smallest absolute Gasteiger partial charge is 0.324 e. The van der Waals surface area contributed by atoms with Crippen molar-refractivity contribution in [3.8, 4) is 23.1 Å². The molecule has 0 saturated heterocycles. The first-order valence-corrected chi connectivity index (χ1v) is 12.7. The topological polar surface area (TPSA) is 115 Å². The standard InChI is InChI=1S/C29H35N7O3/c1-18(2)19-8-11-21(12-9-19)36-26(15-24(35-36)29(3,4)5)34-28(37)33-20-10-13-22(23(14-20)38-7)39-27-16-25(30-6)31-17-32-27/h8-18H,1-7H3,(H,30,31,32)(H2,33,34,37). The minimum absolute atomic E-state index is 0.198. The minimum Gasteiger partial charge on any atom is -0.493 e. The minimum atomic E-state index is -0.416. The highest BCUT2D eigenvalue weighted by molar-refractivity contribution is 5.99. The zero-order chi connectivity index (χ0) is 28.2. The Balaban J connectivity index is 1.54. The van der Waals surface area contributed by atoms with Gasteiger partial charge in [-0.2, -0.15) is 5.10 Å². The summed E-state index contributed by atoms with van der Waals surface area (Å²) in [6.45, 7) is 10.6. The fourth-order valence-electron chi connectivity index (χ4n) is 3.79. The van der Waals surface area contributed by atoms with Crippen LogP contribution in [0, 0.1) is 0 Å². The quantitative estimate of drug-likeness (QED) is 0.236. The second-order valence-electron chi connectivity index (χ2n) is 10.4. The van der Waals surface area contributed by atoms with E-state index in [4.69, 9.17) is 14.6 Å². The number of methoxy groups -OCH3 is 1. The third kappa shape index (κ3) is 6.64. The summed E-state index contributed by atoms with van der Waals surface area (Å²) in [7, 11) is 3.29. The molecule has 204 valence electrons. The maximum absolute atomic E-state index is 13.1. The SMILES string of the molecule is CNc1cc(Oc2ccc(NC(=O)Nc3cc(C(C)(C)C)nn3-c3ccc(C(C)C)cc3)cc2OC)ncn1. The van der Waals surface area contributed by atoms with E-state index in [1.54, 1.807) is 36.0 Å². The van der Waals surface area contributed by atoms with Crippen molar-refractivity contribution in [2.24, 2.45) is 0 Å². The molecule has 10 heteroatoms. The van der Waals surface area contributed by atoms with E-state index in [1.165, 1.54) is 19.0 Å². The number of amides is 2. The lowest BCUT2D eigenvalue weighted by Crippen LogP contribution is -2.21. The van der Waals surface area contributed by atoms with Crippen molar-refractivity contribution in [1.82, 2.24) is 19.7 Å². The summed E-state index contributed by atoms with van der Waals surface area (Å²) >= 11 is 0. The van der Waals surface area contributed by atoms with Crippen LogP contribution in [0.4, 0.5) is 22.1 Å². The first-order valence-electron chi connectivity index (χ1n) is 12.7. The lowest BCUT2D eigenvalue weighted by molar-refractivity contribution is 0.262. The number of carbonyl (C=O) groups is 1. The van der Waals surface area contributed by atoms with E-state index in [0.717, 1.165) is 11.4 Å². The summed E-state index contributed by atoms with van der Waals surface area (Å²) < 4.78 is 13.1. The number of ether oxygens (including phenoxy) is 2. The van der Waals surface area contributed by atoms with Crippen LogP contribution in [-0.4, -0.2) is 39.9 Å². The van der Waals surface area contributed by atoms with Crippen LogP contribution in [0.1, 0.15) is 51.8 Å². The molecule has 2 aromatic heterocycles. The van der Waals surface area contributed by atoms with Gasteiger partial charge in [-0.15, -0.1) is 0 Å². The highest BCUT2D eigenvalue weighted by atomic mass is 16.5. The second-order valence-corrected chi connectivity index (χ2v) is 10.4. The lowest BCUT2D eigenvalue weighted by atomic mass is 9.92. The fraction of sp³-hybridized carbons (Fsp3) is 0.310. The third-order valence-corrected chi connectivity index (χ3v) is 6.06. The van der Waals surface area contributed by atoms with E-state index in [2.05, 4.69) is 72.7 Å². The molecule has 0 aliphatic carbocycles. The molecular formula is C29H35N7O3. The number of anilines is 3. The van der Waals surface area contributed by atoms with Crippen LogP contribution >= 0.6 is 0 Å². The molecule has 2 aromatic carbocycles. The van der Waals surface area contributed by atoms with Gasteiger partial charge in [0, 0.05) is 36.3 Å². The Morgan fingerprint density at radius 3 is 2.33 bits per heavy atom. The number of nitrogens with zero attached hydrogens (tertiary/aromatic N) is 4. The van der Waals surface area contributed by atoms with E-state index in [9.17, 15) is 4.79 Å². The fourth-order valence-corrected chi connectivity index (χ4v) is 3.79. The first kappa shape index (κ1) is 27.4. The number of aromatic nitrogens is 4. The van der Waals surface area contributed by atoms with Crippen molar-refractivity contribution in [3.05, 3.63) is 72.2 Å². The number of benzene rings is 2. The zero-order valence-electron chi connectivity index (χ0n) is 23.4. The molecule has 0 radical (unpaired) electrons. The Kier molecular flexibility index (Phi) is 8.04. The molecule has 10 nitrogen and oxygen atoms in total. The second kappa shape index (κ2) is 11.4. The van der Waals surface area contributed by atoms with Crippen molar-refractivity contribution < 1.29 is 14.3 Å². The van der Waals surface area contributed by atoms with Crippen LogP contribution < -0.4 is 25.4 Å². The van der Waals surface area contributed by atoms with Gasteiger partial charge in [-0.1, -0.05) is 46.8 Å². The molecule has 0 bridgehead atoms. The van der Waals surface area contributed by atoms with Gasteiger partial charge in [0.2, 0.25) is 5.88 Å². The maximum atomic E-state index is 13.1. The van der Waals surface area contributed by atoms with Gasteiger partial charge in [-0.05, 0) is 35.7 Å². The van der Waals surface area contributed by atoms with Crippen LogP contribution in [0.3, 0.4) is 0 Å². The van der Waals surface area contributed by atoms with Crippen molar-refractivity contribution in [3.63, 3.8) is 0 Å². The molecule has 0 unspecified atom stereocenters. The van der Waals surface area contributed by atoms with Crippen LogP contribution in [0.2, 0.25) is 0 Å².